The maximum atomic E-state index is 3.20. The van der Waals surface area contributed by atoms with Crippen LogP contribution >= 0.6 is 0 Å². The Bertz CT molecular complexity index is 964. The summed E-state index contributed by atoms with van der Waals surface area (Å²) in [6.45, 7) is 25.0. The van der Waals surface area contributed by atoms with E-state index in [2.05, 4.69) is 68.9 Å². The summed E-state index contributed by atoms with van der Waals surface area (Å²) in [6, 6.07) is 26.1. The molecule has 0 atom stereocenters. The first kappa shape index (κ1) is 83.9. The second kappa shape index (κ2) is 63.0. The van der Waals surface area contributed by atoms with Gasteiger partial charge in [-0.15, -0.1) is 0 Å². The summed E-state index contributed by atoms with van der Waals surface area (Å²) in [5.41, 5.74) is 0. The summed E-state index contributed by atoms with van der Waals surface area (Å²) in [4.78, 5) is 0. The largest absolute Gasteiger partial charge is 0.0692 e. The Balaban J connectivity index is 7.88. The molecule has 0 aliphatic rings. The molecule has 0 radical (unpaired) electrons. The average Bonchev–Trinajstić information content (AvgIpc) is 3.54. The molecule has 0 saturated heterocycles. The zero-order chi connectivity index (χ0) is 60.8. The molecule has 0 fully saturated rings. The summed E-state index contributed by atoms with van der Waals surface area (Å²) in [7, 11) is -5.84. The van der Waals surface area contributed by atoms with Crippen LogP contribution in [0.25, 0.3) is 0 Å². The minimum atomic E-state index is -1.56. The molecule has 500 valence electrons. The molecule has 0 nitrogen and oxygen atoms in total. The van der Waals surface area contributed by atoms with Crippen molar-refractivity contribution in [3.8, 4) is 0 Å². The maximum Gasteiger partial charge on any atom is 0.0533 e. The van der Waals surface area contributed by atoms with Crippen LogP contribution in [-0.2, 0) is 0 Å². The highest BCUT2D eigenvalue weighted by molar-refractivity contribution is 6.88. The molecule has 83 heavy (non-hydrogen) atoms. The zero-order valence-electron chi connectivity index (χ0n) is 60.8. The van der Waals surface area contributed by atoms with Gasteiger partial charge in [0.2, 0.25) is 0 Å². The first-order chi connectivity index (χ1) is 40.7. The van der Waals surface area contributed by atoms with Crippen LogP contribution in [0.3, 0.4) is 0 Å². The Hall–Kier alpha value is 0.868. The van der Waals surface area contributed by atoms with Crippen LogP contribution in [0.1, 0.15) is 409 Å². The van der Waals surface area contributed by atoms with E-state index in [0.29, 0.717) is 0 Å². The lowest BCUT2D eigenvalue weighted by Crippen LogP contribution is -2.43. The molecule has 0 amide bonds. The molecule has 0 heterocycles. The summed E-state index contributed by atoms with van der Waals surface area (Å²) >= 11 is 0. The smallest absolute Gasteiger partial charge is 0.0533 e. The van der Waals surface area contributed by atoms with E-state index >= 15 is 0 Å². The van der Waals surface area contributed by atoms with Gasteiger partial charge >= 0.3 is 0 Å². The molecule has 0 saturated carbocycles. The molecular formula is C79H168Si4. The van der Waals surface area contributed by atoms with E-state index in [1.165, 1.54) is 231 Å². The topological polar surface area (TPSA) is 0 Å². The minimum absolute atomic E-state index is 1.39. The Kier molecular flexibility index (Phi) is 63.7. The zero-order valence-corrected chi connectivity index (χ0v) is 64.8. The quantitative estimate of drug-likeness (QED) is 0.0421. The summed E-state index contributed by atoms with van der Waals surface area (Å²) in [5.74, 6) is 0. The number of unbranched alkanes of at least 4 members (excludes halogenated alkanes) is 45. The standard InChI is InChI=1S/C79H168Si4/c1-11-20-29-38-47-56-65-81(66-57-48-39-30-21-12-2,67-58-49-40-31-22-13-3)77-74-80(10,75-78-82(68-59-50-41-32-23-14-4,69-60-51-42-33-24-15-5)70-61-52-43-34-25-16-6)76-79-83(71-62-53-44-35-26-17-7,72-63-54-45-36-27-18-8)73-64-55-46-37-28-19-9/h11-79H2,1-10H3. The fourth-order valence-electron chi connectivity index (χ4n) is 15.8. The van der Waals surface area contributed by atoms with Gasteiger partial charge < -0.3 is 0 Å². The Morgan fingerprint density at radius 3 is 0.349 bits per heavy atom. The van der Waals surface area contributed by atoms with Crippen molar-refractivity contribution in [2.24, 2.45) is 0 Å². The van der Waals surface area contributed by atoms with Gasteiger partial charge in [-0.25, -0.2) is 0 Å². The molecule has 0 spiro atoms. The van der Waals surface area contributed by atoms with Crippen LogP contribution in [0.5, 0.6) is 0 Å². The van der Waals surface area contributed by atoms with Crippen LogP contribution in [0.2, 0.25) is 97.2 Å². The SMILES string of the molecule is CCCCCCCC[Si](CCCCCCCC)(CCCCCCCC)CC[Si](C)(CC[Si](CCCCCCCC)(CCCCCCCC)CCCCCCCC)CC[Si](CCCCCCCC)(CCCCCCCC)CCCCCCCC. The van der Waals surface area contributed by atoms with Gasteiger partial charge in [-0.3, -0.25) is 0 Å². The normalized spacial score (nSPS) is 12.7. The molecule has 4 heteroatoms. The predicted molar refractivity (Wildman–Crippen MR) is 401 cm³/mol. The molecule has 0 aliphatic heterocycles. The lowest BCUT2D eigenvalue weighted by Gasteiger charge is -2.42. The molecule has 0 bridgehead atoms. The van der Waals surface area contributed by atoms with Crippen LogP contribution in [-0.4, -0.2) is 32.3 Å². The maximum absolute atomic E-state index is 3.20. The molecule has 0 aliphatic carbocycles. The van der Waals surface area contributed by atoms with Crippen LogP contribution < -0.4 is 0 Å². The molecule has 0 aromatic carbocycles. The summed E-state index contributed by atoms with van der Waals surface area (Å²) in [5, 5.41) is 0. The van der Waals surface area contributed by atoms with Crippen molar-refractivity contribution in [3.63, 3.8) is 0 Å². The Labute approximate surface area is 535 Å². The van der Waals surface area contributed by atoms with E-state index in [9.17, 15) is 0 Å². The van der Waals surface area contributed by atoms with Gasteiger partial charge in [0, 0.05) is 8.07 Å². The first-order valence-corrected chi connectivity index (χ1v) is 52.3. The van der Waals surface area contributed by atoms with E-state index in [4.69, 9.17) is 0 Å². The van der Waals surface area contributed by atoms with Crippen molar-refractivity contribution in [2.45, 2.75) is 506 Å². The van der Waals surface area contributed by atoms with Gasteiger partial charge in [0.1, 0.15) is 0 Å². The lowest BCUT2D eigenvalue weighted by molar-refractivity contribution is 0.604. The highest BCUT2D eigenvalue weighted by Crippen LogP contribution is 2.45. The fourth-order valence-corrected chi connectivity index (χ4v) is 43.7. The number of hydrogen-bond acceptors (Lipinski definition) is 0. The molecule has 0 unspecified atom stereocenters. The third-order valence-electron chi connectivity index (χ3n) is 22.3. The van der Waals surface area contributed by atoms with Crippen molar-refractivity contribution >= 4 is 32.3 Å². The van der Waals surface area contributed by atoms with Gasteiger partial charge in [0.05, 0.1) is 24.2 Å². The van der Waals surface area contributed by atoms with Crippen molar-refractivity contribution in [1.82, 2.24) is 0 Å². The number of rotatable bonds is 72. The van der Waals surface area contributed by atoms with Crippen molar-refractivity contribution in [2.75, 3.05) is 0 Å². The van der Waals surface area contributed by atoms with E-state index in [-0.39, 0.29) is 0 Å². The van der Waals surface area contributed by atoms with Crippen LogP contribution in [0, 0.1) is 0 Å². The van der Waals surface area contributed by atoms with E-state index in [1.807, 2.05) is 0 Å². The highest BCUT2D eigenvalue weighted by Gasteiger charge is 2.41. The van der Waals surface area contributed by atoms with E-state index < -0.39 is 32.3 Å². The van der Waals surface area contributed by atoms with E-state index in [0.717, 1.165) is 0 Å². The molecular weight excluding hydrogens is 1060 g/mol. The first-order valence-electron chi connectivity index (χ1n) is 40.7. The highest BCUT2D eigenvalue weighted by atomic mass is 28.3. The Morgan fingerprint density at radius 1 is 0.120 bits per heavy atom. The van der Waals surface area contributed by atoms with Crippen LogP contribution in [0.4, 0.5) is 0 Å². The average molecular weight is 1230 g/mol. The monoisotopic (exact) mass is 1230 g/mol. The molecule has 0 N–H and O–H groups in total. The van der Waals surface area contributed by atoms with Gasteiger partial charge in [-0.1, -0.05) is 506 Å². The van der Waals surface area contributed by atoms with Gasteiger partial charge in [0.25, 0.3) is 0 Å². The summed E-state index contributed by atoms with van der Waals surface area (Å²) in [6.07, 6.45) is 81.0. The minimum Gasteiger partial charge on any atom is -0.0692 e. The van der Waals surface area contributed by atoms with Crippen molar-refractivity contribution in [1.29, 1.82) is 0 Å². The van der Waals surface area contributed by atoms with Crippen molar-refractivity contribution in [3.05, 3.63) is 0 Å². The van der Waals surface area contributed by atoms with Crippen LogP contribution in [0.15, 0.2) is 0 Å². The second-order valence-electron chi connectivity index (χ2n) is 30.5. The third kappa shape index (κ3) is 51.2. The molecule has 0 aromatic rings. The predicted octanol–water partition coefficient (Wildman–Crippen LogP) is 31.7. The van der Waals surface area contributed by atoms with Gasteiger partial charge in [0.15, 0.2) is 0 Å². The van der Waals surface area contributed by atoms with E-state index in [1.54, 1.807) is 206 Å². The Morgan fingerprint density at radius 2 is 0.229 bits per heavy atom. The molecule has 0 rings (SSSR count). The van der Waals surface area contributed by atoms with Gasteiger partial charge in [-0.05, 0) is 0 Å². The number of hydrogen-bond donors (Lipinski definition) is 0. The third-order valence-corrected chi connectivity index (χ3v) is 44.9. The second-order valence-corrected chi connectivity index (χ2v) is 50.6. The fraction of sp³-hybridized carbons (Fsp3) is 1.00. The van der Waals surface area contributed by atoms with Crippen molar-refractivity contribution < 1.29 is 0 Å². The lowest BCUT2D eigenvalue weighted by atomic mass is 10.1. The molecule has 0 aromatic heterocycles. The summed E-state index contributed by atoms with van der Waals surface area (Å²) < 4.78 is 0. The van der Waals surface area contributed by atoms with Gasteiger partial charge in [-0.2, -0.15) is 0 Å².